The van der Waals surface area contributed by atoms with E-state index in [1.165, 1.54) is 12.2 Å². The van der Waals surface area contributed by atoms with Crippen LogP contribution in [0.1, 0.15) is 27.2 Å². The van der Waals surface area contributed by atoms with E-state index < -0.39 is 73.0 Å². The van der Waals surface area contributed by atoms with E-state index in [4.69, 9.17) is 0 Å². The number of nitrogens with one attached hydrogen (secondary N) is 1. The number of rotatable bonds is 11. The highest BCUT2D eigenvalue weighted by molar-refractivity contribution is 5.81. The molecule has 34 heavy (non-hydrogen) atoms. The molecule has 202 valence electrons. The van der Waals surface area contributed by atoms with Gasteiger partial charge in [0.15, 0.2) is 0 Å². The van der Waals surface area contributed by atoms with E-state index in [9.17, 15) is 66.7 Å². The Morgan fingerprint density at radius 1 is 0.735 bits per heavy atom. The first-order valence-electron chi connectivity index (χ1n) is 9.04. The van der Waals surface area contributed by atoms with Gasteiger partial charge in [0.05, 0.1) is 19.1 Å². The number of alkyl halides is 13. The van der Waals surface area contributed by atoms with Crippen molar-refractivity contribution in [1.29, 1.82) is 0 Å². The van der Waals surface area contributed by atoms with Crippen molar-refractivity contribution in [3.63, 3.8) is 0 Å². The normalized spacial score (nSPS) is 16.0. The van der Waals surface area contributed by atoms with Gasteiger partial charge in [-0.1, -0.05) is 13.8 Å². The Kier molecular flexibility index (Phi) is 9.56. The van der Waals surface area contributed by atoms with Gasteiger partial charge in [0.1, 0.15) is 6.04 Å². The maximum absolute atomic E-state index is 14.4. The van der Waals surface area contributed by atoms with Crippen molar-refractivity contribution in [2.24, 2.45) is 5.92 Å². The molecule has 0 aromatic heterocycles. The highest BCUT2D eigenvalue weighted by Crippen LogP contribution is 2.61. The third-order valence-corrected chi connectivity index (χ3v) is 4.28. The first-order chi connectivity index (χ1) is 15.0. The monoisotopic (exact) mass is 535 g/mol. The molecule has 0 bridgehead atoms. The summed E-state index contributed by atoms with van der Waals surface area (Å²) in [6.07, 6.45) is -9.34. The van der Waals surface area contributed by atoms with Gasteiger partial charge >= 0.3 is 47.9 Å². The molecule has 1 N–H and O–H groups in total. The van der Waals surface area contributed by atoms with E-state index in [-0.39, 0.29) is 13.3 Å². The number of hydrogen-bond donors (Lipinski definition) is 1. The Labute approximate surface area is 182 Å². The maximum Gasteiger partial charge on any atom is 0.460 e. The SMILES string of the molecule is CCCOC(=O)C(NC(=O)OCC)C(C)C(F)(F)C(F)(F)C(F)(F)C(F)(F)C(F)(F)C(F)(F)F. The molecule has 0 aliphatic heterocycles. The minimum atomic E-state index is -8.09. The van der Waals surface area contributed by atoms with Gasteiger partial charge in [-0.3, -0.25) is 0 Å². The summed E-state index contributed by atoms with van der Waals surface area (Å²) >= 11 is 0. The van der Waals surface area contributed by atoms with Crippen LogP contribution in [0, 0.1) is 5.92 Å². The highest BCUT2D eigenvalue weighted by atomic mass is 19.4. The predicted molar refractivity (Wildman–Crippen MR) is 85.1 cm³/mol. The van der Waals surface area contributed by atoms with E-state index in [1.807, 2.05) is 0 Å². The summed E-state index contributed by atoms with van der Waals surface area (Å²) in [5.74, 6) is -43.8. The molecular weight excluding hydrogens is 517 g/mol. The Morgan fingerprint density at radius 3 is 1.56 bits per heavy atom. The van der Waals surface area contributed by atoms with E-state index in [1.54, 1.807) is 0 Å². The second kappa shape index (κ2) is 10.2. The summed E-state index contributed by atoms with van der Waals surface area (Å²) in [4.78, 5) is 23.4. The Bertz CT molecular complexity index is 724. The Hall–Kier alpha value is -2.17. The van der Waals surface area contributed by atoms with Gasteiger partial charge < -0.3 is 14.8 Å². The average Bonchev–Trinajstić information content (AvgIpc) is 2.68. The third-order valence-electron chi connectivity index (χ3n) is 4.28. The molecule has 1 amide bonds. The number of alkyl carbamates (subject to hydrolysis) is 1. The van der Waals surface area contributed by atoms with Gasteiger partial charge in [-0.05, 0) is 13.3 Å². The number of carbonyl (C=O) groups is 2. The lowest BCUT2D eigenvalue weighted by atomic mass is 9.84. The van der Waals surface area contributed by atoms with Crippen molar-refractivity contribution in [1.82, 2.24) is 5.32 Å². The molecule has 0 rings (SSSR count). The van der Waals surface area contributed by atoms with Crippen LogP contribution in [0.5, 0.6) is 0 Å². The fourth-order valence-electron chi connectivity index (χ4n) is 2.26. The quantitative estimate of drug-likeness (QED) is 0.283. The lowest BCUT2D eigenvalue weighted by Gasteiger charge is -2.42. The summed E-state index contributed by atoms with van der Waals surface area (Å²) in [5.41, 5.74) is 0. The average molecular weight is 535 g/mol. The van der Waals surface area contributed by atoms with Crippen LogP contribution < -0.4 is 5.32 Å². The van der Waals surface area contributed by atoms with E-state index >= 15 is 0 Å². The van der Waals surface area contributed by atoms with Crippen molar-refractivity contribution < 1.29 is 76.1 Å². The summed E-state index contributed by atoms with van der Waals surface area (Å²) in [5, 5.41) is 1.24. The number of ether oxygens (including phenoxy) is 2. The van der Waals surface area contributed by atoms with Crippen LogP contribution in [0.3, 0.4) is 0 Å². The molecule has 0 heterocycles. The standard InChI is InChI=1S/C16H18F13NO4/c1-4-6-34-9(31)8(30-10(32)33-5-2)7(3)11(17,18)12(19,20)13(21,22)14(23,24)15(25,26)16(27,28)29/h7-8H,4-6H2,1-3H3,(H,30,32). The fraction of sp³-hybridized carbons (Fsp3) is 0.875. The minimum Gasteiger partial charge on any atom is -0.464 e. The van der Waals surface area contributed by atoms with Crippen LogP contribution in [0.15, 0.2) is 0 Å². The summed E-state index contributed by atoms with van der Waals surface area (Å²) in [7, 11) is 0. The van der Waals surface area contributed by atoms with Crippen molar-refractivity contribution in [2.45, 2.75) is 69.0 Å². The van der Waals surface area contributed by atoms with Gasteiger partial charge in [0.2, 0.25) is 0 Å². The summed E-state index contributed by atoms with van der Waals surface area (Å²) in [6.45, 7) is 1.21. The number of amides is 1. The van der Waals surface area contributed by atoms with Crippen molar-refractivity contribution >= 4 is 12.1 Å². The lowest BCUT2D eigenvalue weighted by Crippen LogP contribution is -2.72. The minimum absolute atomic E-state index is 0.0182. The molecule has 0 fully saturated rings. The molecular formula is C16H18F13NO4. The number of carbonyl (C=O) groups excluding carboxylic acids is 2. The molecule has 0 saturated heterocycles. The molecule has 5 nitrogen and oxygen atoms in total. The smallest absolute Gasteiger partial charge is 0.460 e. The summed E-state index contributed by atoms with van der Waals surface area (Å²) < 4.78 is 182. The van der Waals surface area contributed by atoms with Crippen LogP contribution in [-0.4, -0.2) is 67.1 Å². The number of halogens is 13. The Balaban J connectivity index is 6.52. The van der Waals surface area contributed by atoms with E-state index in [0.717, 1.165) is 6.92 Å². The largest absolute Gasteiger partial charge is 0.464 e. The zero-order chi connectivity index (χ0) is 27.6. The van der Waals surface area contributed by atoms with Crippen LogP contribution in [0.25, 0.3) is 0 Å². The van der Waals surface area contributed by atoms with Crippen LogP contribution in [-0.2, 0) is 14.3 Å². The van der Waals surface area contributed by atoms with Gasteiger partial charge in [-0.2, -0.15) is 57.1 Å². The molecule has 0 aliphatic rings. The van der Waals surface area contributed by atoms with E-state index in [0.29, 0.717) is 0 Å². The molecule has 0 radical (unpaired) electrons. The fourth-order valence-corrected chi connectivity index (χ4v) is 2.26. The molecule has 0 aromatic rings. The first-order valence-corrected chi connectivity index (χ1v) is 9.04. The Morgan fingerprint density at radius 2 is 1.18 bits per heavy atom. The van der Waals surface area contributed by atoms with Gasteiger partial charge in [-0.15, -0.1) is 0 Å². The predicted octanol–water partition coefficient (Wildman–Crippen LogP) is 5.43. The summed E-state index contributed by atoms with van der Waals surface area (Å²) in [6, 6.07) is -3.01. The zero-order valence-electron chi connectivity index (χ0n) is 17.3. The number of hydrogen-bond acceptors (Lipinski definition) is 4. The van der Waals surface area contributed by atoms with E-state index in [2.05, 4.69) is 9.47 Å². The van der Waals surface area contributed by atoms with Crippen molar-refractivity contribution in [3.05, 3.63) is 0 Å². The van der Waals surface area contributed by atoms with Crippen molar-refractivity contribution in [3.8, 4) is 0 Å². The van der Waals surface area contributed by atoms with Crippen molar-refractivity contribution in [2.75, 3.05) is 13.2 Å². The van der Waals surface area contributed by atoms with Crippen LogP contribution >= 0.6 is 0 Å². The molecule has 0 spiro atoms. The van der Waals surface area contributed by atoms with Crippen LogP contribution in [0.2, 0.25) is 0 Å². The van der Waals surface area contributed by atoms with Gasteiger partial charge in [0.25, 0.3) is 0 Å². The molecule has 2 atom stereocenters. The lowest BCUT2D eigenvalue weighted by molar-refractivity contribution is -0.443. The van der Waals surface area contributed by atoms with Gasteiger partial charge in [0, 0.05) is 0 Å². The van der Waals surface area contributed by atoms with Crippen LogP contribution in [0.4, 0.5) is 61.9 Å². The van der Waals surface area contributed by atoms with Gasteiger partial charge in [-0.25, -0.2) is 9.59 Å². The molecule has 2 unspecified atom stereocenters. The maximum atomic E-state index is 14.4. The molecule has 18 heteroatoms. The number of esters is 1. The third kappa shape index (κ3) is 5.39. The highest BCUT2D eigenvalue weighted by Gasteiger charge is 2.91. The first kappa shape index (κ1) is 31.8. The molecule has 0 saturated carbocycles. The molecule has 0 aliphatic carbocycles. The second-order valence-electron chi connectivity index (χ2n) is 6.72. The molecule has 0 aromatic carbocycles. The topological polar surface area (TPSA) is 64.6 Å². The second-order valence-corrected chi connectivity index (χ2v) is 6.72. The zero-order valence-corrected chi connectivity index (χ0v) is 17.3.